The Balaban J connectivity index is 3.55. The van der Waals surface area contributed by atoms with Crippen LogP contribution in [0.1, 0.15) is 219 Å². The Kier molecular flexibility index (Phi) is 49.4. The molecule has 0 saturated heterocycles. The van der Waals surface area contributed by atoms with Gasteiger partial charge in [-0.2, -0.15) is 0 Å². The first-order valence-electron chi connectivity index (χ1n) is 25.7. The Hall–Kier alpha value is -3.21. The number of carbonyl (C=O) groups excluding carboxylic acids is 1. The smallest absolute Gasteiger partial charge is 0.220 e. The molecule has 0 heterocycles. The summed E-state index contributed by atoms with van der Waals surface area (Å²) < 4.78 is 0. The third-order valence-corrected chi connectivity index (χ3v) is 11.0. The van der Waals surface area contributed by atoms with Gasteiger partial charge in [-0.1, -0.05) is 245 Å². The Labute approximate surface area is 384 Å². The van der Waals surface area contributed by atoms with E-state index in [1.807, 2.05) is 6.08 Å². The van der Waals surface area contributed by atoms with Crippen molar-refractivity contribution in [3.05, 3.63) is 122 Å². The molecular weight excluding hydrogens is 759 g/mol. The maximum Gasteiger partial charge on any atom is 0.220 e. The summed E-state index contributed by atoms with van der Waals surface area (Å²) in [7, 11) is 0. The lowest BCUT2D eigenvalue weighted by atomic mass is 10.0. The first kappa shape index (κ1) is 58.8. The van der Waals surface area contributed by atoms with Crippen molar-refractivity contribution in [2.24, 2.45) is 0 Å². The maximum atomic E-state index is 12.4. The number of hydrogen-bond donors (Lipinski definition) is 3. The summed E-state index contributed by atoms with van der Waals surface area (Å²) in [5.41, 5.74) is 0. The number of hydrogen-bond acceptors (Lipinski definition) is 3. The molecule has 0 saturated carbocycles. The van der Waals surface area contributed by atoms with Crippen LogP contribution >= 0.6 is 0 Å². The van der Waals surface area contributed by atoms with Crippen molar-refractivity contribution >= 4 is 5.91 Å². The number of nitrogens with one attached hydrogen (secondary N) is 1. The SMILES string of the molecule is CC/C=C\C/C=C\C/C=C\C/C=C\C/C=C\C/C=C\C/C=C\C/C=C\C/C=C\CCCCCCCCCCCCCCCC(=O)NC(CO)C(O)/C=C/CCCCCCCCC. The van der Waals surface area contributed by atoms with E-state index < -0.39 is 12.1 Å². The minimum Gasteiger partial charge on any atom is -0.394 e. The van der Waals surface area contributed by atoms with Gasteiger partial charge in [0.15, 0.2) is 0 Å². The van der Waals surface area contributed by atoms with Crippen LogP contribution in [0, 0.1) is 0 Å². The summed E-state index contributed by atoms with van der Waals surface area (Å²) in [5, 5.41) is 22.9. The van der Waals surface area contributed by atoms with Gasteiger partial charge in [0.05, 0.1) is 18.8 Å². The Bertz CT molecular complexity index is 1240. The molecule has 3 N–H and O–H groups in total. The fourth-order valence-electron chi connectivity index (χ4n) is 7.05. The molecule has 0 bridgehead atoms. The van der Waals surface area contributed by atoms with Crippen LogP contribution < -0.4 is 5.32 Å². The Morgan fingerprint density at radius 1 is 0.403 bits per heavy atom. The van der Waals surface area contributed by atoms with E-state index >= 15 is 0 Å². The number of rotatable bonds is 45. The molecule has 0 aromatic rings. The van der Waals surface area contributed by atoms with E-state index in [1.54, 1.807) is 6.08 Å². The predicted molar refractivity (Wildman–Crippen MR) is 276 cm³/mol. The lowest BCUT2D eigenvalue weighted by molar-refractivity contribution is -0.123. The summed E-state index contributed by atoms with van der Waals surface area (Å²) >= 11 is 0. The van der Waals surface area contributed by atoms with E-state index in [9.17, 15) is 15.0 Å². The first-order chi connectivity index (χ1) is 30.7. The van der Waals surface area contributed by atoms with Crippen LogP contribution in [0.2, 0.25) is 0 Å². The van der Waals surface area contributed by atoms with E-state index in [0.717, 1.165) is 83.5 Å². The molecule has 4 heteroatoms. The van der Waals surface area contributed by atoms with Gasteiger partial charge in [-0.25, -0.2) is 0 Å². The van der Waals surface area contributed by atoms with Crippen molar-refractivity contribution in [2.45, 2.75) is 231 Å². The van der Waals surface area contributed by atoms with Gasteiger partial charge in [-0.15, -0.1) is 0 Å². The number of allylic oxidation sites excluding steroid dienone is 19. The summed E-state index contributed by atoms with van der Waals surface area (Å²) in [6.45, 7) is 4.15. The number of carbonyl (C=O) groups is 1. The maximum absolute atomic E-state index is 12.4. The van der Waals surface area contributed by atoms with Gasteiger partial charge in [0.1, 0.15) is 0 Å². The van der Waals surface area contributed by atoms with Crippen LogP contribution in [0.4, 0.5) is 0 Å². The molecule has 0 spiro atoms. The molecule has 62 heavy (non-hydrogen) atoms. The van der Waals surface area contributed by atoms with Crippen LogP contribution in [0.5, 0.6) is 0 Å². The molecule has 4 nitrogen and oxygen atoms in total. The van der Waals surface area contributed by atoms with Crippen LogP contribution in [0.3, 0.4) is 0 Å². The van der Waals surface area contributed by atoms with E-state index in [1.165, 1.54) is 116 Å². The fourth-order valence-corrected chi connectivity index (χ4v) is 7.05. The average molecular weight is 856 g/mol. The third-order valence-electron chi connectivity index (χ3n) is 11.0. The molecule has 0 aromatic heterocycles. The molecule has 1 amide bonds. The van der Waals surface area contributed by atoms with Crippen molar-refractivity contribution in [1.82, 2.24) is 5.32 Å². The van der Waals surface area contributed by atoms with Crippen LogP contribution in [-0.2, 0) is 4.79 Å². The topological polar surface area (TPSA) is 69.6 Å². The molecule has 2 atom stereocenters. The number of aliphatic hydroxyl groups is 2. The molecule has 0 aliphatic rings. The number of amides is 1. The molecule has 0 aliphatic heterocycles. The second-order valence-corrected chi connectivity index (χ2v) is 16.9. The average Bonchev–Trinajstić information content (AvgIpc) is 3.28. The minimum absolute atomic E-state index is 0.0729. The number of aliphatic hydroxyl groups excluding tert-OH is 2. The van der Waals surface area contributed by atoms with Gasteiger partial charge in [-0.05, 0) is 89.9 Å². The zero-order valence-corrected chi connectivity index (χ0v) is 40.3. The highest BCUT2D eigenvalue weighted by molar-refractivity contribution is 5.76. The van der Waals surface area contributed by atoms with Gasteiger partial charge in [-0.3, -0.25) is 4.79 Å². The van der Waals surface area contributed by atoms with Gasteiger partial charge < -0.3 is 15.5 Å². The fraction of sp³-hybridized carbons (Fsp3) is 0.638. The highest BCUT2D eigenvalue weighted by Crippen LogP contribution is 2.14. The molecule has 0 radical (unpaired) electrons. The van der Waals surface area contributed by atoms with Crippen molar-refractivity contribution in [3.8, 4) is 0 Å². The highest BCUT2D eigenvalue weighted by Gasteiger charge is 2.17. The minimum atomic E-state index is -0.843. The molecule has 0 aliphatic carbocycles. The largest absolute Gasteiger partial charge is 0.394 e. The first-order valence-corrected chi connectivity index (χ1v) is 25.7. The van der Waals surface area contributed by atoms with Crippen molar-refractivity contribution in [3.63, 3.8) is 0 Å². The highest BCUT2D eigenvalue weighted by atomic mass is 16.3. The van der Waals surface area contributed by atoms with Crippen LogP contribution in [0.15, 0.2) is 122 Å². The lowest BCUT2D eigenvalue weighted by Gasteiger charge is -2.20. The standard InChI is InChI=1S/C58H97NO3/c1-3-5-7-9-11-13-14-15-16-17-18-19-20-21-22-23-24-25-26-27-28-29-30-31-32-33-34-35-36-37-38-39-40-41-42-43-44-46-48-50-52-54-58(62)59-56(55-60)57(61)53-51-49-47-45-12-10-8-6-4-2/h5,7,11,13,15-16,18-19,21-22,24-25,27-28,30-31,33-34,51,53,56-57,60-61H,3-4,6,8-10,12,14,17,20,23,26,29,32,35-50,52,54-55H2,1-2H3,(H,59,62)/b7-5-,13-11-,16-15-,19-18-,22-21-,25-24-,28-27-,31-30-,34-33-,53-51+. The van der Waals surface area contributed by atoms with E-state index in [0.29, 0.717) is 6.42 Å². The van der Waals surface area contributed by atoms with Crippen molar-refractivity contribution in [1.29, 1.82) is 0 Å². The molecule has 0 aromatic carbocycles. The van der Waals surface area contributed by atoms with Gasteiger partial charge in [0.25, 0.3) is 0 Å². The summed E-state index contributed by atoms with van der Waals surface area (Å²) in [5.74, 6) is -0.0729. The van der Waals surface area contributed by atoms with E-state index in [4.69, 9.17) is 0 Å². The van der Waals surface area contributed by atoms with Gasteiger partial charge in [0.2, 0.25) is 5.91 Å². The summed E-state index contributed by atoms with van der Waals surface area (Å²) in [6.07, 6.45) is 80.6. The molecule has 352 valence electrons. The normalized spacial score (nSPS) is 13.9. The third kappa shape index (κ3) is 47.8. The van der Waals surface area contributed by atoms with Gasteiger partial charge >= 0.3 is 0 Å². The molecule has 2 unspecified atom stereocenters. The molecule has 0 fully saturated rings. The number of unbranched alkanes of at least 4 members (excludes halogenated alkanes) is 20. The predicted octanol–water partition coefficient (Wildman–Crippen LogP) is 16.9. The monoisotopic (exact) mass is 856 g/mol. The lowest BCUT2D eigenvalue weighted by Crippen LogP contribution is -2.45. The quantitative estimate of drug-likeness (QED) is 0.0422. The van der Waals surface area contributed by atoms with Crippen molar-refractivity contribution < 1.29 is 15.0 Å². The Morgan fingerprint density at radius 2 is 0.710 bits per heavy atom. The van der Waals surface area contributed by atoms with Crippen LogP contribution in [-0.4, -0.2) is 34.9 Å². The van der Waals surface area contributed by atoms with Crippen LogP contribution in [0.25, 0.3) is 0 Å². The van der Waals surface area contributed by atoms with E-state index in [2.05, 4.69) is 129 Å². The zero-order valence-electron chi connectivity index (χ0n) is 40.3. The van der Waals surface area contributed by atoms with Gasteiger partial charge in [0, 0.05) is 6.42 Å². The molecule has 0 rings (SSSR count). The molecular formula is C58H97NO3. The second-order valence-electron chi connectivity index (χ2n) is 16.9. The Morgan fingerprint density at radius 3 is 1.06 bits per heavy atom. The zero-order chi connectivity index (χ0) is 44.9. The second kappa shape index (κ2) is 52.1. The summed E-state index contributed by atoms with van der Waals surface area (Å²) in [4.78, 5) is 12.4. The van der Waals surface area contributed by atoms with Crippen molar-refractivity contribution in [2.75, 3.05) is 6.61 Å². The van der Waals surface area contributed by atoms with E-state index in [-0.39, 0.29) is 12.5 Å². The summed E-state index contributed by atoms with van der Waals surface area (Å²) in [6, 6.07) is -0.627.